The fourth-order valence-electron chi connectivity index (χ4n) is 5.37. The molecule has 4 heteroatoms. The lowest BCUT2D eigenvalue weighted by Crippen LogP contribution is -2.61. The molecule has 2 aromatic rings. The predicted octanol–water partition coefficient (Wildman–Crippen LogP) is 4.17. The predicted molar refractivity (Wildman–Crippen MR) is 110 cm³/mol. The summed E-state index contributed by atoms with van der Waals surface area (Å²) in [6.07, 6.45) is 0. The molecule has 3 aliphatic heterocycles. The van der Waals surface area contributed by atoms with Gasteiger partial charge < -0.3 is 9.80 Å². The van der Waals surface area contributed by atoms with Crippen LogP contribution in [0.25, 0.3) is 10.8 Å². The van der Waals surface area contributed by atoms with Crippen LogP contribution in [0.4, 0.5) is 5.69 Å². The van der Waals surface area contributed by atoms with Crippen molar-refractivity contribution in [2.45, 2.75) is 39.0 Å². The smallest absolute Gasteiger partial charge is 0.232 e. The van der Waals surface area contributed by atoms with E-state index >= 15 is 0 Å². The summed E-state index contributed by atoms with van der Waals surface area (Å²) in [5.74, 6) is 0.897. The number of anilines is 1. The van der Waals surface area contributed by atoms with Gasteiger partial charge in [0.1, 0.15) is 0 Å². The highest BCUT2D eigenvalue weighted by atomic mass is 31.0. The molecule has 1 amide bonds. The van der Waals surface area contributed by atoms with Gasteiger partial charge in [-0.15, -0.1) is 9.24 Å². The van der Waals surface area contributed by atoms with E-state index in [1.165, 1.54) is 33.3 Å². The van der Waals surface area contributed by atoms with Crippen LogP contribution < -0.4 is 4.90 Å². The number of allylic oxidation sites excluding steroid dienone is 1. The van der Waals surface area contributed by atoms with Crippen molar-refractivity contribution in [3.63, 3.8) is 0 Å². The van der Waals surface area contributed by atoms with E-state index in [4.69, 9.17) is 0 Å². The Bertz CT molecular complexity index is 959. The Morgan fingerprint density at radius 3 is 2.69 bits per heavy atom. The fourth-order valence-corrected chi connectivity index (χ4v) is 5.76. The summed E-state index contributed by atoms with van der Waals surface area (Å²) >= 11 is 0. The van der Waals surface area contributed by atoms with Crippen LogP contribution in [0.2, 0.25) is 0 Å². The van der Waals surface area contributed by atoms with Crippen LogP contribution in [0, 0.1) is 11.8 Å². The van der Waals surface area contributed by atoms with Crippen LogP contribution in [0.15, 0.2) is 47.7 Å². The van der Waals surface area contributed by atoms with Crippen molar-refractivity contribution in [2.24, 2.45) is 11.8 Å². The molecule has 26 heavy (non-hydrogen) atoms. The zero-order valence-electron chi connectivity index (χ0n) is 15.6. The number of nitrogens with zero attached hydrogens (tertiary/aromatic N) is 2. The molecule has 0 radical (unpaired) electrons. The van der Waals surface area contributed by atoms with E-state index in [9.17, 15) is 4.79 Å². The maximum atomic E-state index is 12.6. The van der Waals surface area contributed by atoms with Gasteiger partial charge in [-0.05, 0) is 35.2 Å². The molecule has 0 aliphatic carbocycles. The third-order valence-corrected chi connectivity index (χ3v) is 7.09. The molecule has 2 aromatic carbocycles. The molecule has 134 valence electrons. The van der Waals surface area contributed by atoms with Gasteiger partial charge in [0.2, 0.25) is 5.91 Å². The van der Waals surface area contributed by atoms with E-state index in [0.717, 1.165) is 13.1 Å². The quantitative estimate of drug-likeness (QED) is 0.603. The number of β-lactam (4-membered cyclic amide) rings is 1. The number of hydrogen-bond acceptors (Lipinski definition) is 2. The van der Waals surface area contributed by atoms with Gasteiger partial charge in [-0.25, -0.2) is 0 Å². The SMILES string of the molecule is CC1=C(CN2Cc3cccc4cccc2c34)[C@H](C)[C@@H]2[C@@H]([C@@H](C)P)C(=O)N12. The Hall–Kier alpha value is -1.86. The number of amides is 1. The van der Waals surface area contributed by atoms with Crippen LogP contribution in [-0.2, 0) is 11.3 Å². The molecule has 0 bridgehead atoms. The van der Waals surface area contributed by atoms with Crippen molar-refractivity contribution in [3.8, 4) is 0 Å². The minimum Gasteiger partial charge on any atom is -0.363 e. The number of carbonyl (C=O) groups is 1. The fraction of sp³-hybridized carbons (Fsp3) is 0.409. The summed E-state index contributed by atoms with van der Waals surface area (Å²) in [4.78, 5) is 17.2. The van der Waals surface area contributed by atoms with Gasteiger partial charge >= 0.3 is 0 Å². The molecule has 0 N–H and O–H groups in total. The summed E-state index contributed by atoms with van der Waals surface area (Å²) in [6, 6.07) is 13.5. The second kappa shape index (κ2) is 5.57. The molecule has 3 nitrogen and oxygen atoms in total. The third-order valence-electron chi connectivity index (χ3n) is 6.68. The van der Waals surface area contributed by atoms with Crippen molar-refractivity contribution in [2.75, 3.05) is 11.4 Å². The number of carbonyl (C=O) groups excluding carboxylic acids is 1. The van der Waals surface area contributed by atoms with Crippen LogP contribution in [-0.4, -0.2) is 29.1 Å². The zero-order valence-corrected chi connectivity index (χ0v) is 16.7. The summed E-state index contributed by atoms with van der Waals surface area (Å²) in [5, 5.41) is 2.72. The molecule has 1 unspecified atom stereocenters. The summed E-state index contributed by atoms with van der Waals surface area (Å²) < 4.78 is 0. The molecular weight excluding hydrogens is 339 g/mol. The van der Waals surface area contributed by atoms with Crippen molar-refractivity contribution in [3.05, 3.63) is 53.2 Å². The van der Waals surface area contributed by atoms with Gasteiger partial charge in [-0.3, -0.25) is 4.79 Å². The highest BCUT2D eigenvalue weighted by Crippen LogP contribution is 2.49. The Morgan fingerprint density at radius 1 is 1.23 bits per heavy atom. The molecule has 1 fully saturated rings. The first-order chi connectivity index (χ1) is 12.5. The number of rotatable bonds is 3. The van der Waals surface area contributed by atoms with E-state index in [1.807, 2.05) is 0 Å². The van der Waals surface area contributed by atoms with Crippen molar-refractivity contribution in [1.29, 1.82) is 0 Å². The normalized spacial score (nSPS) is 28.0. The summed E-state index contributed by atoms with van der Waals surface area (Å²) in [5.41, 5.74) is 5.71. The van der Waals surface area contributed by atoms with Gasteiger partial charge in [0, 0.05) is 35.8 Å². The largest absolute Gasteiger partial charge is 0.363 e. The van der Waals surface area contributed by atoms with Crippen LogP contribution in [0.3, 0.4) is 0 Å². The Labute approximate surface area is 157 Å². The summed E-state index contributed by atoms with van der Waals surface area (Å²) in [7, 11) is 2.83. The average molecular weight is 364 g/mol. The highest BCUT2D eigenvalue weighted by molar-refractivity contribution is 7.17. The van der Waals surface area contributed by atoms with Crippen molar-refractivity contribution >= 4 is 31.6 Å². The van der Waals surface area contributed by atoms with E-state index in [2.05, 4.69) is 76.2 Å². The van der Waals surface area contributed by atoms with Gasteiger partial charge in [0.25, 0.3) is 0 Å². The lowest BCUT2D eigenvalue weighted by atomic mass is 9.78. The Balaban J connectivity index is 1.48. The highest BCUT2D eigenvalue weighted by Gasteiger charge is 2.56. The number of hydrogen-bond donors (Lipinski definition) is 0. The Kier molecular flexibility index (Phi) is 3.49. The Morgan fingerprint density at radius 2 is 1.96 bits per heavy atom. The first-order valence-electron chi connectivity index (χ1n) is 9.53. The first-order valence-corrected chi connectivity index (χ1v) is 10.2. The minimum absolute atomic E-state index is 0.154. The lowest BCUT2D eigenvalue weighted by molar-refractivity contribution is -0.152. The topological polar surface area (TPSA) is 23.6 Å². The molecule has 0 aromatic heterocycles. The van der Waals surface area contributed by atoms with E-state index in [0.29, 0.717) is 23.5 Å². The van der Waals surface area contributed by atoms with Gasteiger partial charge in [0.05, 0.1) is 12.0 Å². The molecule has 3 heterocycles. The average Bonchev–Trinajstić information content (AvgIpc) is 3.05. The maximum Gasteiger partial charge on any atom is 0.232 e. The third kappa shape index (κ3) is 2.01. The molecule has 0 saturated carbocycles. The first kappa shape index (κ1) is 16.3. The monoisotopic (exact) mass is 364 g/mol. The number of fused-ring (bicyclic) bond motifs is 1. The van der Waals surface area contributed by atoms with Gasteiger partial charge in [0.15, 0.2) is 0 Å². The summed E-state index contributed by atoms with van der Waals surface area (Å²) in [6.45, 7) is 8.46. The van der Waals surface area contributed by atoms with Crippen LogP contribution in [0.1, 0.15) is 26.3 Å². The molecule has 1 saturated heterocycles. The second-order valence-corrected chi connectivity index (χ2v) is 9.18. The molecule has 3 aliphatic rings. The molecule has 5 atom stereocenters. The van der Waals surface area contributed by atoms with Gasteiger partial charge in [-0.1, -0.05) is 44.2 Å². The van der Waals surface area contributed by atoms with Crippen molar-refractivity contribution < 1.29 is 4.79 Å². The molecule has 5 rings (SSSR count). The van der Waals surface area contributed by atoms with Gasteiger partial charge in [-0.2, -0.15) is 0 Å². The van der Waals surface area contributed by atoms with Crippen molar-refractivity contribution in [1.82, 2.24) is 4.90 Å². The maximum absolute atomic E-state index is 12.6. The second-order valence-electron chi connectivity index (χ2n) is 8.13. The van der Waals surface area contributed by atoms with E-state index in [-0.39, 0.29) is 5.92 Å². The van der Waals surface area contributed by atoms with E-state index < -0.39 is 0 Å². The van der Waals surface area contributed by atoms with Crippen LogP contribution in [0.5, 0.6) is 0 Å². The minimum atomic E-state index is 0.154. The van der Waals surface area contributed by atoms with Crippen LogP contribution >= 0.6 is 9.24 Å². The molecular formula is C22H25N2OP. The number of benzene rings is 2. The lowest BCUT2D eigenvalue weighted by Gasteiger charge is -2.47. The molecule has 0 spiro atoms. The van der Waals surface area contributed by atoms with E-state index in [1.54, 1.807) is 0 Å². The zero-order chi connectivity index (χ0) is 18.2. The standard InChI is InChI=1S/C22H25N2OP/c1-12-17(13(2)24-21(12)19(14(3)26)22(24)25)11-23-10-16-8-4-6-15-7-5-9-18(23)20(15)16/h4-9,12,14,19,21H,10-11,26H2,1-3H3/t12-,14+,19+,21+/m0/s1.